The van der Waals surface area contributed by atoms with Crippen LogP contribution in [0.25, 0.3) is 0 Å². The van der Waals surface area contributed by atoms with E-state index in [-0.39, 0.29) is 5.78 Å². The minimum Gasteiger partial charge on any atom is -0.493 e. The number of carbonyl (C=O) groups is 1. The Balaban J connectivity index is 2.24. The Hall–Kier alpha value is -0.870. The monoisotopic (exact) mass is 353 g/mol. The van der Waals surface area contributed by atoms with Crippen molar-refractivity contribution >= 4 is 21.7 Å². The van der Waals surface area contributed by atoms with Crippen LogP contribution in [-0.2, 0) is 17.6 Å². The SMILES string of the molecule is CCN(CC)C(C)(C)C(=O)Cc1cc(Br)cc2c1OCC2. The first kappa shape index (κ1) is 16.5. The number of rotatable bonds is 6. The molecule has 0 saturated heterocycles. The van der Waals surface area contributed by atoms with Gasteiger partial charge in [0.2, 0.25) is 0 Å². The van der Waals surface area contributed by atoms with Gasteiger partial charge in [-0.3, -0.25) is 9.69 Å². The lowest BCUT2D eigenvalue weighted by atomic mass is 9.90. The van der Waals surface area contributed by atoms with E-state index in [1.54, 1.807) is 0 Å². The van der Waals surface area contributed by atoms with Gasteiger partial charge in [-0.15, -0.1) is 0 Å². The van der Waals surface area contributed by atoms with E-state index in [1.807, 2.05) is 19.9 Å². The van der Waals surface area contributed by atoms with Crippen molar-refractivity contribution in [1.82, 2.24) is 4.90 Å². The molecule has 1 aliphatic rings. The number of halogens is 1. The highest BCUT2D eigenvalue weighted by Gasteiger charge is 2.33. The molecule has 0 bridgehead atoms. The summed E-state index contributed by atoms with van der Waals surface area (Å²) in [6, 6.07) is 4.10. The smallest absolute Gasteiger partial charge is 0.157 e. The van der Waals surface area contributed by atoms with Crippen LogP contribution >= 0.6 is 15.9 Å². The van der Waals surface area contributed by atoms with Crippen molar-refractivity contribution in [3.8, 4) is 5.75 Å². The first-order chi connectivity index (χ1) is 9.90. The van der Waals surface area contributed by atoms with E-state index in [2.05, 4.69) is 40.7 Å². The predicted octanol–water partition coefficient (Wildman–Crippen LogP) is 3.62. The molecular weight excluding hydrogens is 330 g/mol. The average molecular weight is 354 g/mol. The number of fused-ring (bicyclic) bond motifs is 1. The van der Waals surface area contributed by atoms with Crippen LogP contribution in [-0.4, -0.2) is 35.9 Å². The van der Waals surface area contributed by atoms with Crippen LogP contribution in [0.2, 0.25) is 0 Å². The summed E-state index contributed by atoms with van der Waals surface area (Å²) in [7, 11) is 0. The van der Waals surface area contributed by atoms with Crippen LogP contribution in [0, 0.1) is 0 Å². The Bertz CT molecular complexity index is 536. The van der Waals surface area contributed by atoms with Crippen molar-refractivity contribution < 1.29 is 9.53 Å². The first-order valence-corrected chi connectivity index (χ1v) is 8.41. The molecule has 3 nitrogen and oxygen atoms in total. The molecule has 0 unspecified atom stereocenters. The summed E-state index contributed by atoms with van der Waals surface area (Å²) in [4.78, 5) is 15.0. The topological polar surface area (TPSA) is 29.5 Å². The Labute approximate surface area is 135 Å². The van der Waals surface area contributed by atoms with E-state index in [0.29, 0.717) is 13.0 Å². The predicted molar refractivity (Wildman–Crippen MR) is 89.1 cm³/mol. The fourth-order valence-electron chi connectivity index (χ4n) is 3.06. The van der Waals surface area contributed by atoms with E-state index in [1.165, 1.54) is 5.56 Å². The lowest BCUT2D eigenvalue weighted by Crippen LogP contribution is -2.50. The Kier molecular flexibility index (Phi) is 5.10. The van der Waals surface area contributed by atoms with Crippen LogP contribution in [0.15, 0.2) is 16.6 Å². The van der Waals surface area contributed by atoms with Gasteiger partial charge in [0.15, 0.2) is 5.78 Å². The maximum atomic E-state index is 12.8. The molecule has 0 spiro atoms. The van der Waals surface area contributed by atoms with Crippen LogP contribution in [0.3, 0.4) is 0 Å². The Morgan fingerprint density at radius 2 is 2.00 bits per heavy atom. The van der Waals surface area contributed by atoms with E-state index < -0.39 is 5.54 Å². The molecule has 0 amide bonds. The molecule has 4 heteroatoms. The van der Waals surface area contributed by atoms with Crippen molar-refractivity contribution in [3.63, 3.8) is 0 Å². The van der Waals surface area contributed by atoms with E-state index in [9.17, 15) is 4.79 Å². The molecule has 0 saturated carbocycles. The quantitative estimate of drug-likeness (QED) is 0.782. The minimum absolute atomic E-state index is 0.238. The van der Waals surface area contributed by atoms with Crippen molar-refractivity contribution in [2.45, 2.75) is 46.1 Å². The summed E-state index contributed by atoms with van der Waals surface area (Å²) in [5.74, 6) is 1.16. The highest BCUT2D eigenvalue weighted by Crippen LogP contribution is 2.34. The number of hydrogen-bond acceptors (Lipinski definition) is 3. The van der Waals surface area contributed by atoms with Gasteiger partial charge in [0.25, 0.3) is 0 Å². The summed E-state index contributed by atoms with van der Waals surface area (Å²) < 4.78 is 6.75. The molecule has 21 heavy (non-hydrogen) atoms. The zero-order valence-electron chi connectivity index (χ0n) is 13.3. The molecule has 0 atom stereocenters. The number of likely N-dealkylation sites (N-methyl/N-ethyl adjacent to an activating group) is 1. The lowest BCUT2D eigenvalue weighted by Gasteiger charge is -2.36. The summed E-state index contributed by atoms with van der Waals surface area (Å²) in [5.41, 5.74) is 1.76. The third-order valence-corrected chi connectivity index (χ3v) is 4.87. The van der Waals surface area contributed by atoms with Crippen LogP contribution in [0.4, 0.5) is 0 Å². The van der Waals surface area contributed by atoms with Gasteiger partial charge in [-0.2, -0.15) is 0 Å². The van der Waals surface area contributed by atoms with Crippen molar-refractivity contribution in [1.29, 1.82) is 0 Å². The third kappa shape index (κ3) is 3.32. The molecule has 0 aliphatic carbocycles. The zero-order chi connectivity index (χ0) is 15.6. The summed E-state index contributed by atoms with van der Waals surface area (Å²) in [6.07, 6.45) is 1.35. The standard InChI is InChI=1S/C17H24BrNO2/c1-5-19(6-2)17(3,4)15(20)11-13-10-14(18)9-12-7-8-21-16(12)13/h9-10H,5-8,11H2,1-4H3. The second-order valence-electron chi connectivity index (χ2n) is 5.98. The van der Waals surface area contributed by atoms with Gasteiger partial charge in [0.1, 0.15) is 5.75 Å². The third-order valence-electron chi connectivity index (χ3n) is 4.41. The first-order valence-electron chi connectivity index (χ1n) is 7.62. The van der Waals surface area contributed by atoms with Gasteiger partial charge >= 0.3 is 0 Å². The largest absolute Gasteiger partial charge is 0.493 e. The minimum atomic E-state index is -0.447. The molecule has 1 aromatic carbocycles. The number of hydrogen-bond donors (Lipinski definition) is 0. The van der Waals surface area contributed by atoms with Gasteiger partial charge in [0, 0.05) is 22.9 Å². The van der Waals surface area contributed by atoms with Crippen LogP contribution < -0.4 is 4.74 Å². The average Bonchev–Trinajstić information content (AvgIpc) is 2.87. The summed E-state index contributed by atoms with van der Waals surface area (Å²) in [6.45, 7) is 10.7. The van der Waals surface area contributed by atoms with Crippen LogP contribution in [0.5, 0.6) is 5.75 Å². The fraction of sp³-hybridized carbons (Fsp3) is 0.588. The number of ketones is 1. The van der Waals surface area contributed by atoms with Gasteiger partial charge < -0.3 is 4.74 Å². The van der Waals surface area contributed by atoms with E-state index >= 15 is 0 Å². The van der Waals surface area contributed by atoms with E-state index in [0.717, 1.165) is 35.3 Å². The van der Waals surface area contributed by atoms with Gasteiger partial charge in [-0.05, 0) is 44.6 Å². The van der Waals surface area contributed by atoms with Crippen molar-refractivity contribution in [3.05, 3.63) is 27.7 Å². The Morgan fingerprint density at radius 3 is 2.62 bits per heavy atom. The van der Waals surface area contributed by atoms with Crippen molar-refractivity contribution in [2.75, 3.05) is 19.7 Å². The molecule has 0 radical (unpaired) electrons. The molecule has 1 aliphatic heterocycles. The highest BCUT2D eigenvalue weighted by molar-refractivity contribution is 9.10. The van der Waals surface area contributed by atoms with Crippen LogP contribution in [0.1, 0.15) is 38.8 Å². The molecule has 1 heterocycles. The Morgan fingerprint density at radius 1 is 1.33 bits per heavy atom. The molecule has 0 N–H and O–H groups in total. The number of benzene rings is 1. The second kappa shape index (κ2) is 6.49. The van der Waals surface area contributed by atoms with Crippen molar-refractivity contribution in [2.24, 2.45) is 0 Å². The van der Waals surface area contributed by atoms with Gasteiger partial charge in [-0.1, -0.05) is 29.8 Å². The summed E-state index contributed by atoms with van der Waals surface area (Å²) in [5, 5.41) is 0. The second-order valence-corrected chi connectivity index (χ2v) is 6.90. The molecule has 0 fully saturated rings. The number of carbonyl (C=O) groups excluding carboxylic acids is 1. The molecule has 116 valence electrons. The van der Waals surface area contributed by atoms with Gasteiger partial charge in [-0.25, -0.2) is 0 Å². The zero-order valence-corrected chi connectivity index (χ0v) is 14.9. The molecule has 2 rings (SSSR count). The number of nitrogens with zero attached hydrogens (tertiary/aromatic N) is 1. The summed E-state index contributed by atoms with van der Waals surface area (Å²) >= 11 is 3.54. The molecule has 1 aromatic rings. The molecular formula is C17H24BrNO2. The maximum absolute atomic E-state index is 12.8. The van der Waals surface area contributed by atoms with Gasteiger partial charge in [0.05, 0.1) is 12.1 Å². The molecule has 0 aromatic heterocycles. The fourth-order valence-corrected chi connectivity index (χ4v) is 3.61. The lowest BCUT2D eigenvalue weighted by molar-refractivity contribution is -0.128. The maximum Gasteiger partial charge on any atom is 0.157 e. The highest BCUT2D eigenvalue weighted by atomic mass is 79.9. The number of Topliss-reactive ketones (excluding diaryl/α,β-unsaturated/α-hetero) is 1. The van der Waals surface area contributed by atoms with E-state index in [4.69, 9.17) is 4.74 Å². The normalized spacial score (nSPS) is 14.2. The number of ether oxygens (including phenoxy) is 1.